The molecular formula is C23H26ClN3OS. The molecule has 0 atom stereocenters. The van der Waals surface area contributed by atoms with E-state index in [4.69, 9.17) is 16.6 Å². The van der Waals surface area contributed by atoms with Crippen molar-refractivity contribution in [2.75, 3.05) is 31.1 Å². The second kappa shape index (κ2) is 7.96. The third kappa shape index (κ3) is 3.99. The van der Waals surface area contributed by atoms with Crippen LogP contribution in [0.5, 0.6) is 0 Å². The Morgan fingerprint density at radius 3 is 2.38 bits per heavy atom. The molecule has 6 heteroatoms. The predicted molar refractivity (Wildman–Crippen MR) is 123 cm³/mol. The smallest absolute Gasteiger partial charge is 0.227 e. The molecule has 0 unspecified atom stereocenters. The first kappa shape index (κ1) is 20.2. The van der Waals surface area contributed by atoms with Crippen molar-refractivity contribution in [3.8, 4) is 0 Å². The number of rotatable bonds is 3. The standard InChI is InChI=1S/C23H26ClN3OS/c1-14-11-15(2)18(16(3)12-14)13-21(28)26-7-9-27(10-8-26)23-25-22-17(4)19(24)5-6-20(22)29-23/h5-6,11-12H,7-10,13H2,1-4H3. The largest absolute Gasteiger partial charge is 0.345 e. The van der Waals surface area contributed by atoms with Crippen LogP contribution in [0.3, 0.4) is 0 Å². The van der Waals surface area contributed by atoms with Crippen LogP contribution >= 0.6 is 22.9 Å². The maximum atomic E-state index is 12.9. The van der Waals surface area contributed by atoms with Gasteiger partial charge in [-0.05, 0) is 62.1 Å². The maximum absolute atomic E-state index is 12.9. The number of benzene rings is 2. The van der Waals surface area contributed by atoms with Crippen LogP contribution in [0, 0.1) is 27.7 Å². The molecule has 4 nitrogen and oxygen atoms in total. The number of nitrogens with zero attached hydrogens (tertiary/aromatic N) is 3. The van der Waals surface area contributed by atoms with Crippen LogP contribution < -0.4 is 4.90 Å². The number of anilines is 1. The van der Waals surface area contributed by atoms with Gasteiger partial charge < -0.3 is 9.80 Å². The quantitative estimate of drug-likeness (QED) is 0.585. The number of amides is 1. The average Bonchev–Trinajstić information content (AvgIpc) is 3.12. The molecule has 0 spiro atoms. The van der Waals surface area contributed by atoms with E-state index >= 15 is 0 Å². The van der Waals surface area contributed by atoms with Gasteiger partial charge in [-0.15, -0.1) is 0 Å². The molecule has 1 saturated heterocycles. The van der Waals surface area contributed by atoms with Gasteiger partial charge in [-0.3, -0.25) is 4.79 Å². The van der Waals surface area contributed by atoms with Gasteiger partial charge in [0.2, 0.25) is 5.91 Å². The molecule has 1 aromatic heterocycles. The van der Waals surface area contributed by atoms with Crippen molar-refractivity contribution < 1.29 is 4.79 Å². The Hall–Kier alpha value is -2.11. The fraction of sp³-hybridized carbons (Fsp3) is 0.391. The summed E-state index contributed by atoms with van der Waals surface area (Å²) in [6.07, 6.45) is 0.483. The number of hydrogen-bond acceptors (Lipinski definition) is 4. The molecule has 2 aromatic carbocycles. The summed E-state index contributed by atoms with van der Waals surface area (Å²) in [5.41, 5.74) is 6.85. The number of aryl methyl sites for hydroxylation is 4. The van der Waals surface area contributed by atoms with Crippen molar-refractivity contribution in [1.82, 2.24) is 9.88 Å². The SMILES string of the molecule is Cc1cc(C)c(CC(=O)N2CCN(c3nc4c(C)c(Cl)ccc4s3)CC2)c(C)c1. The Bertz CT molecular complexity index is 1060. The summed E-state index contributed by atoms with van der Waals surface area (Å²) in [6, 6.07) is 8.30. The summed E-state index contributed by atoms with van der Waals surface area (Å²) >= 11 is 7.94. The lowest BCUT2D eigenvalue weighted by Crippen LogP contribution is -2.49. The van der Waals surface area contributed by atoms with Gasteiger partial charge in [-0.25, -0.2) is 4.98 Å². The first-order valence-electron chi connectivity index (χ1n) is 9.98. The zero-order valence-corrected chi connectivity index (χ0v) is 19.0. The van der Waals surface area contributed by atoms with E-state index < -0.39 is 0 Å². The highest BCUT2D eigenvalue weighted by molar-refractivity contribution is 7.22. The van der Waals surface area contributed by atoms with Crippen molar-refractivity contribution in [2.45, 2.75) is 34.1 Å². The van der Waals surface area contributed by atoms with Crippen LogP contribution in [-0.2, 0) is 11.2 Å². The summed E-state index contributed by atoms with van der Waals surface area (Å²) in [6.45, 7) is 11.4. The van der Waals surface area contributed by atoms with Gasteiger partial charge in [-0.2, -0.15) is 0 Å². The third-order valence-corrected chi connectivity index (χ3v) is 7.30. The average molecular weight is 428 g/mol. The van der Waals surface area contributed by atoms with Crippen LogP contribution in [-0.4, -0.2) is 42.0 Å². The molecular weight excluding hydrogens is 402 g/mol. The van der Waals surface area contributed by atoms with E-state index in [1.54, 1.807) is 11.3 Å². The van der Waals surface area contributed by atoms with E-state index in [-0.39, 0.29) is 5.91 Å². The predicted octanol–water partition coefficient (Wildman–Crippen LogP) is 5.07. The Morgan fingerprint density at radius 2 is 1.72 bits per heavy atom. The van der Waals surface area contributed by atoms with E-state index in [1.165, 1.54) is 22.3 Å². The molecule has 4 rings (SSSR count). The molecule has 152 valence electrons. The number of fused-ring (bicyclic) bond motifs is 1. The van der Waals surface area contributed by atoms with Crippen molar-refractivity contribution in [3.63, 3.8) is 0 Å². The number of aromatic nitrogens is 1. The van der Waals surface area contributed by atoms with Gasteiger partial charge in [0.15, 0.2) is 5.13 Å². The van der Waals surface area contributed by atoms with Gasteiger partial charge in [0.1, 0.15) is 0 Å². The Morgan fingerprint density at radius 1 is 1.07 bits per heavy atom. The zero-order valence-electron chi connectivity index (χ0n) is 17.4. The molecule has 0 N–H and O–H groups in total. The highest BCUT2D eigenvalue weighted by atomic mass is 35.5. The Labute approximate surface area is 181 Å². The molecule has 29 heavy (non-hydrogen) atoms. The second-order valence-corrected chi connectivity index (χ2v) is 9.35. The number of hydrogen-bond donors (Lipinski definition) is 0. The molecule has 1 aliphatic heterocycles. The molecule has 0 radical (unpaired) electrons. The number of piperazine rings is 1. The summed E-state index contributed by atoms with van der Waals surface area (Å²) < 4.78 is 1.16. The van der Waals surface area contributed by atoms with Crippen LogP contribution in [0.4, 0.5) is 5.13 Å². The minimum Gasteiger partial charge on any atom is -0.345 e. The highest BCUT2D eigenvalue weighted by Crippen LogP contribution is 2.33. The van der Waals surface area contributed by atoms with Crippen molar-refractivity contribution >= 4 is 44.2 Å². The number of carbonyl (C=O) groups excluding carboxylic acids is 1. The lowest BCUT2D eigenvalue weighted by molar-refractivity contribution is -0.130. The highest BCUT2D eigenvalue weighted by Gasteiger charge is 2.24. The molecule has 1 fully saturated rings. The number of halogens is 1. The van der Waals surface area contributed by atoms with E-state index in [9.17, 15) is 4.79 Å². The van der Waals surface area contributed by atoms with E-state index in [2.05, 4.69) is 37.8 Å². The van der Waals surface area contributed by atoms with Crippen LogP contribution in [0.25, 0.3) is 10.2 Å². The van der Waals surface area contributed by atoms with Crippen molar-refractivity contribution in [3.05, 3.63) is 57.1 Å². The summed E-state index contributed by atoms with van der Waals surface area (Å²) in [5.74, 6) is 0.214. The topological polar surface area (TPSA) is 36.4 Å². The Balaban J connectivity index is 1.43. The van der Waals surface area contributed by atoms with Crippen molar-refractivity contribution in [2.24, 2.45) is 0 Å². The lowest BCUT2D eigenvalue weighted by atomic mass is 9.97. The Kier molecular flexibility index (Phi) is 5.54. The molecule has 3 aromatic rings. The van der Waals surface area contributed by atoms with Crippen LogP contribution in [0.15, 0.2) is 24.3 Å². The number of thiazole rings is 1. The maximum Gasteiger partial charge on any atom is 0.227 e. The van der Waals surface area contributed by atoms with E-state index in [1.807, 2.05) is 24.0 Å². The molecule has 1 amide bonds. The van der Waals surface area contributed by atoms with E-state index in [0.717, 1.165) is 52.1 Å². The van der Waals surface area contributed by atoms with Crippen molar-refractivity contribution in [1.29, 1.82) is 0 Å². The first-order chi connectivity index (χ1) is 13.8. The molecule has 0 bridgehead atoms. The van der Waals surface area contributed by atoms with Crippen LogP contribution in [0.2, 0.25) is 5.02 Å². The van der Waals surface area contributed by atoms with E-state index in [0.29, 0.717) is 6.42 Å². The van der Waals surface area contributed by atoms with Gasteiger partial charge >= 0.3 is 0 Å². The van der Waals surface area contributed by atoms with Gasteiger partial charge in [0, 0.05) is 31.2 Å². The van der Waals surface area contributed by atoms with Crippen LogP contribution in [0.1, 0.15) is 27.8 Å². The second-order valence-electron chi connectivity index (χ2n) is 7.94. The van der Waals surface area contributed by atoms with Gasteiger partial charge in [0.25, 0.3) is 0 Å². The monoisotopic (exact) mass is 427 g/mol. The van der Waals surface area contributed by atoms with Gasteiger partial charge in [-0.1, -0.05) is 40.6 Å². The summed E-state index contributed by atoms with van der Waals surface area (Å²) in [7, 11) is 0. The normalized spacial score (nSPS) is 14.7. The third-order valence-electron chi connectivity index (χ3n) is 5.81. The zero-order chi connectivity index (χ0) is 20.7. The molecule has 1 aliphatic rings. The minimum atomic E-state index is 0.214. The summed E-state index contributed by atoms with van der Waals surface area (Å²) in [4.78, 5) is 22.0. The molecule has 0 aliphatic carbocycles. The minimum absolute atomic E-state index is 0.214. The fourth-order valence-corrected chi connectivity index (χ4v) is 5.35. The number of carbonyl (C=O) groups is 1. The molecule has 2 heterocycles. The lowest BCUT2D eigenvalue weighted by Gasteiger charge is -2.34. The molecule has 0 saturated carbocycles. The fourth-order valence-electron chi connectivity index (χ4n) is 4.12. The first-order valence-corrected chi connectivity index (χ1v) is 11.2. The summed E-state index contributed by atoms with van der Waals surface area (Å²) in [5, 5.41) is 1.77. The van der Waals surface area contributed by atoms with Gasteiger partial charge in [0.05, 0.1) is 16.6 Å².